The zero-order valence-electron chi connectivity index (χ0n) is 7.99. The Morgan fingerprint density at radius 1 is 1.67 bits per heavy atom. The van der Waals surface area contributed by atoms with Crippen molar-refractivity contribution in [2.75, 3.05) is 0 Å². The second-order valence-corrected chi connectivity index (χ2v) is 3.38. The van der Waals surface area contributed by atoms with Gasteiger partial charge in [0.15, 0.2) is 0 Å². The molecule has 0 saturated heterocycles. The highest BCUT2D eigenvalue weighted by molar-refractivity contribution is 5.03. The molecule has 0 amide bonds. The summed E-state index contributed by atoms with van der Waals surface area (Å²) in [5, 5.41) is 0. The van der Waals surface area contributed by atoms with Crippen molar-refractivity contribution in [1.29, 1.82) is 0 Å². The van der Waals surface area contributed by atoms with Crippen LogP contribution in [0.5, 0.6) is 0 Å². The van der Waals surface area contributed by atoms with Gasteiger partial charge in [-0.3, -0.25) is 0 Å². The van der Waals surface area contributed by atoms with Crippen LogP contribution in [0.4, 0.5) is 0 Å². The Balaban J connectivity index is 2.70. The average molecular weight is 167 g/mol. The number of aromatic nitrogens is 2. The first-order valence-corrected chi connectivity index (χ1v) is 4.38. The van der Waals surface area contributed by atoms with Crippen LogP contribution >= 0.6 is 0 Å². The largest absolute Gasteiger partial charge is 0.340 e. The normalized spacial score (nSPS) is 16.0. The Bertz CT molecular complexity index is 242. The van der Waals surface area contributed by atoms with Gasteiger partial charge in [-0.25, -0.2) is 4.98 Å². The lowest BCUT2D eigenvalue weighted by molar-refractivity contribution is 0.449. The molecule has 3 heteroatoms. The molecule has 1 aromatic heterocycles. The van der Waals surface area contributed by atoms with E-state index in [1.807, 2.05) is 17.8 Å². The maximum Gasteiger partial charge on any atom is 0.0947 e. The third kappa shape index (κ3) is 1.85. The molecule has 0 radical (unpaired) electrons. The van der Waals surface area contributed by atoms with Gasteiger partial charge in [-0.2, -0.15) is 0 Å². The SMILES string of the molecule is CCC(C)C(N)c1cn(C)cn1. The maximum absolute atomic E-state index is 5.99. The summed E-state index contributed by atoms with van der Waals surface area (Å²) in [4.78, 5) is 4.22. The fourth-order valence-electron chi connectivity index (χ4n) is 1.15. The van der Waals surface area contributed by atoms with E-state index in [4.69, 9.17) is 5.73 Å². The molecule has 0 aliphatic rings. The Kier molecular flexibility index (Phi) is 2.87. The molecule has 1 aromatic rings. The molecule has 0 bridgehead atoms. The van der Waals surface area contributed by atoms with Crippen LogP contribution in [0.15, 0.2) is 12.5 Å². The van der Waals surface area contributed by atoms with Crippen LogP contribution < -0.4 is 5.73 Å². The van der Waals surface area contributed by atoms with Gasteiger partial charge in [-0.1, -0.05) is 20.3 Å². The molecule has 0 aliphatic carbocycles. The Morgan fingerprint density at radius 2 is 2.33 bits per heavy atom. The average Bonchev–Trinajstić information content (AvgIpc) is 2.49. The minimum Gasteiger partial charge on any atom is -0.340 e. The van der Waals surface area contributed by atoms with Gasteiger partial charge in [-0.15, -0.1) is 0 Å². The molecule has 1 rings (SSSR count). The summed E-state index contributed by atoms with van der Waals surface area (Å²) in [5.41, 5.74) is 6.98. The predicted octanol–water partition coefficient (Wildman–Crippen LogP) is 1.47. The topological polar surface area (TPSA) is 43.8 Å². The second-order valence-electron chi connectivity index (χ2n) is 3.38. The standard InChI is InChI=1S/C9H17N3/c1-4-7(2)9(10)8-5-12(3)6-11-8/h5-7,9H,4,10H2,1-3H3. The summed E-state index contributed by atoms with van der Waals surface area (Å²) in [5.74, 6) is 0.500. The zero-order valence-corrected chi connectivity index (χ0v) is 7.99. The monoisotopic (exact) mass is 167 g/mol. The van der Waals surface area contributed by atoms with Crippen molar-refractivity contribution in [2.24, 2.45) is 18.7 Å². The van der Waals surface area contributed by atoms with Crippen LogP contribution in [0, 0.1) is 5.92 Å². The van der Waals surface area contributed by atoms with Crippen molar-refractivity contribution < 1.29 is 0 Å². The number of nitrogens with two attached hydrogens (primary N) is 1. The van der Waals surface area contributed by atoms with Crippen LogP contribution in [0.2, 0.25) is 0 Å². The van der Waals surface area contributed by atoms with Crippen molar-refractivity contribution in [3.8, 4) is 0 Å². The molecule has 68 valence electrons. The third-order valence-corrected chi connectivity index (χ3v) is 2.32. The molecule has 2 unspecified atom stereocenters. The van der Waals surface area contributed by atoms with E-state index in [9.17, 15) is 0 Å². The highest BCUT2D eigenvalue weighted by Gasteiger charge is 2.14. The van der Waals surface area contributed by atoms with E-state index in [2.05, 4.69) is 18.8 Å². The first kappa shape index (κ1) is 9.26. The van der Waals surface area contributed by atoms with Crippen molar-refractivity contribution in [3.05, 3.63) is 18.2 Å². The van der Waals surface area contributed by atoms with E-state index < -0.39 is 0 Å². The molecule has 0 saturated carbocycles. The predicted molar refractivity (Wildman–Crippen MR) is 49.6 cm³/mol. The second kappa shape index (κ2) is 3.72. The number of imidazole rings is 1. The Morgan fingerprint density at radius 3 is 2.75 bits per heavy atom. The molecule has 0 fully saturated rings. The van der Waals surface area contributed by atoms with Crippen molar-refractivity contribution >= 4 is 0 Å². The molecule has 0 aliphatic heterocycles. The molecule has 3 nitrogen and oxygen atoms in total. The number of aryl methyl sites for hydroxylation is 1. The molecule has 0 spiro atoms. The summed E-state index contributed by atoms with van der Waals surface area (Å²) in [6.07, 6.45) is 4.87. The lowest BCUT2D eigenvalue weighted by Crippen LogP contribution is -2.18. The van der Waals surface area contributed by atoms with Gasteiger partial charge in [-0.05, 0) is 5.92 Å². The van der Waals surface area contributed by atoms with Gasteiger partial charge in [0.05, 0.1) is 18.1 Å². The zero-order chi connectivity index (χ0) is 9.14. The quantitative estimate of drug-likeness (QED) is 0.740. The van der Waals surface area contributed by atoms with Gasteiger partial charge < -0.3 is 10.3 Å². The number of hydrogen-bond donors (Lipinski definition) is 1. The van der Waals surface area contributed by atoms with Crippen molar-refractivity contribution in [2.45, 2.75) is 26.3 Å². The van der Waals surface area contributed by atoms with E-state index in [0.29, 0.717) is 5.92 Å². The highest BCUT2D eigenvalue weighted by atomic mass is 15.0. The number of hydrogen-bond acceptors (Lipinski definition) is 2. The fraction of sp³-hybridized carbons (Fsp3) is 0.667. The van der Waals surface area contributed by atoms with Crippen LogP contribution in [-0.4, -0.2) is 9.55 Å². The molecular weight excluding hydrogens is 150 g/mol. The van der Waals surface area contributed by atoms with Gasteiger partial charge in [0.2, 0.25) is 0 Å². The van der Waals surface area contributed by atoms with Gasteiger partial charge in [0.1, 0.15) is 0 Å². The third-order valence-electron chi connectivity index (χ3n) is 2.32. The molecule has 2 N–H and O–H groups in total. The summed E-state index contributed by atoms with van der Waals surface area (Å²) in [6, 6.07) is 0.0798. The van der Waals surface area contributed by atoms with E-state index >= 15 is 0 Å². The van der Waals surface area contributed by atoms with E-state index in [0.717, 1.165) is 12.1 Å². The summed E-state index contributed by atoms with van der Waals surface area (Å²) < 4.78 is 1.93. The Labute approximate surface area is 73.6 Å². The van der Waals surface area contributed by atoms with Gasteiger partial charge in [0.25, 0.3) is 0 Å². The minimum absolute atomic E-state index is 0.0798. The van der Waals surface area contributed by atoms with E-state index in [1.54, 1.807) is 6.33 Å². The van der Waals surface area contributed by atoms with Crippen molar-refractivity contribution in [1.82, 2.24) is 9.55 Å². The minimum atomic E-state index is 0.0798. The van der Waals surface area contributed by atoms with E-state index in [1.165, 1.54) is 0 Å². The molecule has 0 aromatic carbocycles. The first-order valence-electron chi connectivity index (χ1n) is 4.38. The van der Waals surface area contributed by atoms with Crippen LogP contribution in [-0.2, 0) is 7.05 Å². The van der Waals surface area contributed by atoms with Crippen LogP contribution in [0.3, 0.4) is 0 Å². The molecule has 12 heavy (non-hydrogen) atoms. The molecular formula is C9H17N3. The van der Waals surface area contributed by atoms with Gasteiger partial charge in [0, 0.05) is 13.2 Å². The Hall–Kier alpha value is -0.830. The highest BCUT2D eigenvalue weighted by Crippen LogP contribution is 2.19. The lowest BCUT2D eigenvalue weighted by Gasteiger charge is -2.15. The number of rotatable bonds is 3. The maximum atomic E-state index is 5.99. The first-order chi connectivity index (χ1) is 5.65. The molecule has 2 atom stereocenters. The smallest absolute Gasteiger partial charge is 0.0947 e. The fourth-order valence-corrected chi connectivity index (χ4v) is 1.15. The van der Waals surface area contributed by atoms with Crippen LogP contribution in [0.1, 0.15) is 32.0 Å². The van der Waals surface area contributed by atoms with E-state index in [-0.39, 0.29) is 6.04 Å². The summed E-state index contributed by atoms with van der Waals surface area (Å²) in [6.45, 7) is 4.30. The summed E-state index contributed by atoms with van der Waals surface area (Å²) >= 11 is 0. The van der Waals surface area contributed by atoms with Crippen molar-refractivity contribution in [3.63, 3.8) is 0 Å². The summed E-state index contributed by atoms with van der Waals surface area (Å²) in [7, 11) is 1.96. The lowest BCUT2D eigenvalue weighted by atomic mass is 9.98. The number of nitrogens with zero attached hydrogens (tertiary/aromatic N) is 2. The molecule has 1 heterocycles. The van der Waals surface area contributed by atoms with Gasteiger partial charge >= 0.3 is 0 Å². The van der Waals surface area contributed by atoms with Crippen LogP contribution in [0.25, 0.3) is 0 Å².